The number of aromatic amines is 1. The summed E-state index contributed by atoms with van der Waals surface area (Å²) in [5.41, 5.74) is 1.45. The van der Waals surface area contributed by atoms with Gasteiger partial charge >= 0.3 is 5.97 Å². The van der Waals surface area contributed by atoms with Crippen LogP contribution in [0.1, 0.15) is 20.2 Å². The molecule has 3 heterocycles. The van der Waals surface area contributed by atoms with Crippen molar-refractivity contribution in [2.45, 2.75) is 0 Å². The van der Waals surface area contributed by atoms with Crippen LogP contribution in [0.2, 0.25) is 0 Å². The van der Waals surface area contributed by atoms with E-state index in [0.717, 1.165) is 5.39 Å². The topological polar surface area (TPSA) is 84.1 Å². The predicted molar refractivity (Wildman–Crippen MR) is 79.7 cm³/mol. The molecule has 0 saturated carbocycles. The summed E-state index contributed by atoms with van der Waals surface area (Å²) in [4.78, 5) is 31.1. The fraction of sp³-hybridized carbons (Fsp3) is 0.0714. The first-order valence-electron chi connectivity index (χ1n) is 6.09. The second-order valence-corrected chi connectivity index (χ2v) is 5.22. The number of thiophene rings is 1. The maximum atomic E-state index is 12.0. The van der Waals surface area contributed by atoms with Crippen LogP contribution in [-0.2, 0) is 4.74 Å². The molecule has 0 aliphatic carbocycles. The van der Waals surface area contributed by atoms with E-state index in [2.05, 4.69) is 20.0 Å². The molecule has 6 nitrogen and oxygen atoms in total. The molecule has 0 atom stereocenters. The summed E-state index contributed by atoms with van der Waals surface area (Å²) in [6.07, 6.45) is 1.53. The Morgan fingerprint density at radius 1 is 1.38 bits per heavy atom. The molecule has 0 aromatic carbocycles. The number of nitrogens with one attached hydrogen (secondary N) is 2. The van der Waals surface area contributed by atoms with Crippen molar-refractivity contribution in [2.75, 3.05) is 12.4 Å². The van der Waals surface area contributed by atoms with Crippen molar-refractivity contribution < 1.29 is 14.3 Å². The maximum absolute atomic E-state index is 12.0. The van der Waals surface area contributed by atoms with Gasteiger partial charge in [0, 0.05) is 5.39 Å². The molecule has 0 fully saturated rings. The standard InChI is InChI=1S/C14H11N3O3S/c1-20-14(19)10-6-8-5-9(7-15-12(8)17-10)16-13(18)11-3-2-4-21-11/h2-7H,1H3,(H,15,17)(H,16,18). The molecule has 3 rings (SSSR count). The number of hydrogen-bond acceptors (Lipinski definition) is 5. The van der Waals surface area contributed by atoms with E-state index >= 15 is 0 Å². The molecular formula is C14H11N3O3S. The van der Waals surface area contributed by atoms with Gasteiger partial charge in [0.05, 0.1) is 23.9 Å². The van der Waals surface area contributed by atoms with Crippen molar-refractivity contribution in [3.8, 4) is 0 Å². The lowest BCUT2D eigenvalue weighted by molar-refractivity contribution is 0.0595. The molecule has 3 aromatic rings. The highest BCUT2D eigenvalue weighted by molar-refractivity contribution is 7.12. The molecule has 0 saturated heterocycles. The van der Waals surface area contributed by atoms with Crippen LogP contribution in [-0.4, -0.2) is 29.0 Å². The first kappa shape index (κ1) is 13.3. The van der Waals surface area contributed by atoms with Gasteiger partial charge in [-0.1, -0.05) is 6.07 Å². The van der Waals surface area contributed by atoms with Crippen molar-refractivity contribution in [3.63, 3.8) is 0 Å². The number of hydrogen-bond donors (Lipinski definition) is 2. The minimum atomic E-state index is -0.461. The SMILES string of the molecule is COC(=O)c1cc2cc(NC(=O)c3cccs3)cnc2[nH]1. The fourth-order valence-corrected chi connectivity index (χ4v) is 2.52. The number of carbonyl (C=O) groups is 2. The first-order valence-corrected chi connectivity index (χ1v) is 6.97. The minimum Gasteiger partial charge on any atom is -0.464 e. The lowest BCUT2D eigenvalue weighted by Gasteiger charge is -2.02. The van der Waals surface area contributed by atoms with E-state index in [1.54, 1.807) is 18.2 Å². The lowest BCUT2D eigenvalue weighted by atomic mass is 10.3. The van der Waals surface area contributed by atoms with Gasteiger partial charge in [0.15, 0.2) is 0 Å². The highest BCUT2D eigenvalue weighted by Gasteiger charge is 2.12. The molecule has 0 unspecified atom stereocenters. The van der Waals surface area contributed by atoms with Crippen molar-refractivity contribution in [1.82, 2.24) is 9.97 Å². The summed E-state index contributed by atoms with van der Waals surface area (Å²) < 4.78 is 4.64. The minimum absolute atomic E-state index is 0.185. The quantitative estimate of drug-likeness (QED) is 0.728. The van der Waals surface area contributed by atoms with E-state index in [9.17, 15) is 9.59 Å². The zero-order valence-corrected chi connectivity index (χ0v) is 11.9. The Labute approximate surface area is 123 Å². The van der Waals surface area contributed by atoms with E-state index < -0.39 is 5.97 Å². The lowest BCUT2D eigenvalue weighted by Crippen LogP contribution is -2.10. The number of anilines is 1. The van der Waals surface area contributed by atoms with Crippen molar-refractivity contribution >= 4 is 39.9 Å². The highest BCUT2D eigenvalue weighted by atomic mass is 32.1. The van der Waals surface area contributed by atoms with Crippen LogP contribution >= 0.6 is 11.3 Å². The maximum Gasteiger partial charge on any atom is 0.354 e. The summed E-state index contributed by atoms with van der Waals surface area (Å²) in [5, 5.41) is 5.33. The summed E-state index contributed by atoms with van der Waals surface area (Å²) in [6.45, 7) is 0. The predicted octanol–water partition coefficient (Wildman–Crippen LogP) is 2.66. The smallest absolute Gasteiger partial charge is 0.354 e. The van der Waals surface area contributed by atoms with Crippen LogP contribution in [0.15, 0.2) is 35.8 Å². The monoisotopic (exact) mass is 301 g/mol. The van der Waals surface area contributed by atoms with Gasteiger partial charge in [0.25, 0.3) is 5.91 Å². The average Bonchev–Trinajstić information content (AvgIpc) is 3.15. The Kier molecular flexibility index (Phi) is 3.41. The van der Waals surface area contributed by atoms with Crippen LogP contribution in [0.5, 0.6) is 0 Å². The van der Waals surface area contributed by atoms with Crippen molar-refractivity contribution in [1.29, 1.82) is 0 Å². The number of ether oxygens (including phenoxy) is 1. The second-order valence-electron chi connectivity index (χ2n) is 4.27. The van der Waals surface area contributed by atoms with E-state index in [4.69, 9.17) is 0 Å². The third kappa shape index (κ3) is 2.63. The van der Waals surface area contributed by atoms with Crippen molar-refractivity contribution in [2.24, 2.45) is 0 Å². The van der Waals surface area contributed by atoms with Gasteiger partial charge in [-0.3, -0.25) is 4.79 Å². The van der Waals surface area contributed by atoms with Crippen LogP contribution in [0.3, 0.4) is 0 Å². The number of amides is 1. The summed E-state index contributed by atoms with van der Waals surface area (Å²) >= 11 is 1.37. The van der Waals surface area contributed by atoms with E-state index in [-0.39, 0.29) is 5.91 Å². The Bertz CT molecular complexity index is 808. The zero-order chi connectivity index (χ0) is 14.8. The molecule has 0 aliphatic rings. The Balaban J connectivity index is 1.87. The molecule has 0 aliphatic heterocycles. The summed E-state index contributed by atoms with van der Waals surface area (Å²) in [5.74, 6) is -0.646. The third-order valence-corrected chi connectivity index (χ3v) is 3.75. The highest BCUT2D eigenvalue weighted by Crippen LogP contribution is 2.19. The van der Waals surface area contributed by atoms with Gasteiger partial charge in [0.2, 0.25) is 0 Å². The molecule has 0 spiro atoms. The van der Waals surface area contributed by atoms with Crippen LogP contribution in [0.25, 0.3) is 11.0 Å². The number of fused-ring (bicyclic) bond motifs is 1. The Morgan fingerprint density at radius 2 is 2.24 bits per heavy atom. The van der Waals surface area contributed by atoms with E-state index in [1.807, 2.05) is 11.4 Å². The third-order valence-electron chi connectivity index (χ3n) is 2.88. The molecule has 1 amide bonds. The van der Waals surface area contributed by atoms with Gasteiger partial charge in [-0.15, -0.1) is 11.3 Å². The van der Waals surface area contributed by atoms with E-state index in [1.165, 1.54) is 24.6 Å². The van der Waals surface area contributed by atoms with Gasteiger partial charge < -0.3 is 15.0 Å². The largest absolute Gasteiger partial charge is 0.464 e. The Morgan fingerprint density at radius 3 is 2.95 bits per heavy atom. The van der Waals surface area contributed by atoms with Crippen LogP contribution < -0.4 is 5.32 Å². The van der Waals surface area contributed by atoms with Crippen LogP contribution in [0.4, 0.5) is 5.69 Å². The van der Waals surface area contributed by atoms with Gasteiger partial charge in [-0.25, -0.2) is 9.78 Å². The van der Waals surface area contributed by atoms with Gasteiger partial charge in [0.1, 0.15) is 11.3 Å². The van der Waals surface area contributed by atoms with Crippen LogP contribution in [0, 0.1) is 0 Å². The first-order chi connectivity index (χ1) is 10.2. The van der Waals surface area contributed by atoms with Crippen molar-refractivity contribution in [3.05, 3.63) is 46.4 Å². The second kappa shape index (κ2) is 5.37. The normalized spacial score (nSPS) is 10.5. The molecular weight excluding hydrogens is 290 g/mol. The molecule has 2 N–H and O–H groups in total. The number of aromatic nitrogens is 2. The molecule has 7 heteroatoms. The number of pyridine rings is 1. The van der Waals surface area contributed by atoms with E-state index in [0.29, 0.717) is 21.9 Å². The molecule has 3 aromatic heterocycles. The number of H-pyrrole nitrogens is 1. The molecule has 0 radical (unpaired) electrons. The summed E-state index contributed by atoms with van der Waals surface area (Å²) in [7, 11) is 1.31. The number of esters is 1. The fourth-order valence-electron chi connectivity index (χ4n) is 1.90. The molecule has 21 heavy (non-hydrogen) atoms. The van der Waals surface area contributed by atoms with Gasteiger partial charge in [-0.2, -0.15) is 0 Å². The number of rotatable bonds is 3. The molecule has 106 valence electrons. The Hall–Kier alpha value is -2.67. The number of carbonyl (C=O) groups excluding carboxylic acids is 2. The molecule has 0 bridgehead atoms. The average molecular weight is 301 g/mol. The zero-order valence-electron chi connectivity index (χ0n) is 11.0. The summed E-state index contributed by atoms with van der Waals surface area (Å²) in [6, 6.07) is 6.94. The van der Waals surface area contributed by atoms with Gasteiger partial charge in [-0.05, 0) is 23.6 Å². The number of methoxy groups -OCH3 is 1. The number of nitrogens with zero attached hydrogens (tertiary/aromatic N) is 1.